The maximum atomic E-state index is 9.94. The summed E-state index contributed by atoms with van der Waals surface area (Å²) in [7, 11) is 0. The van der Waals surface area contributed by atoms with Gasteiger partial charge in [0.05, 0.1) is 0 Å². The molecule has 0 radical (unpaired) electrons. The molecule has 0 bridgehead atoms. The second-order valence-corrected chi connectivity index (χ2v) is 4.42. The van der Waals surface area contributed by atoms with Crippen molar-refractivity contribution in [3.63, 3.8) is 0 Å². The van der Waals surface area contributed by atoms with Crippen molar-refractivity contribution in [2.24, 2.45) is 0 Å². The summed E-state index contributed by atoms with van der Waals surface area (Å²) in [6, 6.07) is 5.38. The topological polar surface area (TPSA) is 55.7 Å². The zero-order valence-corrected chi connectivity index (χ0v) is 10.2. The molecule has 17 heavy (non-hydrogen) atoms. The minimum Gasteiger partial charge on any atom is -0.504 e. The van der Waals surface area contributed by atoms with E-state index in [4.69, 9.17) is 0 Å². The van der Waals surface area contributed by atoms with E-state index in [1.807, 2.05) is 6.07 Å². The number of phenolic OH excluding ortho intramolecular Hbond substituents is 2. The number of para-hydroxylation sites is 1. The molecule has 0 amide bonds. The molecule has 1 aliphatic heterocycles. The molecule has 0 saturated carbocycles. The summed E-state index contributed by atoms with van der Waals surface area (Å²) in [6.07, 6.45) is 0.928. The lowest BCUT2D eigenvalue weighted by atomic mass is 10.0. The first-order chi connectivity index (χ1) is 8.24. The number of aromatic hydroxyl groups is 2. The lowest BCUT2D eigenvalue weighted by Gasteiger charge is -2.35. The van der Waals surface area contributed by atoms with Crippen LogP contribution in [0.1, 0.15) is 24.9 Å². The lowest BCUT2D eigenvalue weighted by Crippen LogP contribution is -2.45. The molecule has 1 saturated heterocycles. The largest absolute Gasteiger partial charge is 0.504 e. The van der Waals surface area contributed by atoms with Crippen molar-refractivity contribution in [1.29, 1.82) is 0 Å². The highest BCUT2D eigenvalue weighted by atomic mass is 16.3. The molecule has 1 aromatic rings. The van der Waals surface area contributed by atoms with Gasteiger partial charge in [0.25, 0.3) is 0 Å². The molecule has 4 heteroatoms. The molecule has 0 unspecified atom stereocenters. The number of benzene rings is 1. The first-order valence-electron chi connectivity index (χ1n) is 6.19. The summed E-state index contributed by atoms with van der Waals surface area (Å²) in [5, 5.41) is 22.8. The van der Waals surface area contributed by atoms with Crippen molar-refractivity contribution < 1.29 is 10.2 Å². The standard InChI is InChI=1S/C13H20N2O2/c1-2-11(15-8-6-14-7-9-15)10-4-3-5-12(16)13(10)17/h3-5,11,14,16-17H,2,6-9H2,1H3/t11-/m1/s1. The lowest BCUT2D eigenvalue weighted by molar-refractivity contribution is 0.166. The van der Waals surface area contributed by atoms with Crippen LogP contribution in [0, 0.1) is 0 Å². The van der Waals surface area contributed by atoms with Crippen molar-refractivity contribution in [3.05, 3.63) is 23.8 Å². The van der Waals surface area contributed by atoms with E-state index in [0.29, 0.717) is 0 Å². The smallest absolute Gasteiger partial charge is 0.162 e. The number of nitrogens with zero attached hydrogens (tertiary/aromatic N) is 1. The molecule has 1 aromatic carbocycles. The molecule has 1 fully saturated rings. The number of hydrogen-bond acceptors (Lipinski definition) is 4. The molecule has 1 heterocycles. The Hall–Kier alpha value is -1.26. The molecule has 2 rings (SSSR count). The van der Waals surface area contributed by atoms with E-state index in [0.717, 1.165) is 38.2 Å². The van der Waals surface area contributed by atoms with Crippen LogP contribution in [0.15, 0.2) is 18.2 Å². The predicted octanol–water partition coefficient (Wildman–Crippen LogP) is 1.45. The third-order valence-electron chi connectivity index (χ3n) is 3.38. The van der Waals surface area contributed by atoms with E-state index in [1.54, 1.807) is 6.07 Å². The van der Waals surface area contributed by atoms with Gasteiger partial charge < -0.3 is 15.5 Å². The van der Waals surface area contributed by atoms with Crippen molar-refractivity contribution >= 4 is 0 Å². The highest BCUT2D eigenvalue weighted by Crippen LogP contribution is 2.36. The summed E-state index contributed by atoms with van der Waals surface area (Å²) in [5.41, 5.74) is 0.828. The summed E-state index contributed by atoms with van der Waals surface area (Å²) in [5.74, 6) is -0.00559. The highest BCUT2D eigenvalue weighted by molar-refractivity contribution is 5.45. The summed E-state index contributed by atoms with van der Waals surface area (Å²) in [6.45, 7) is 6.03. The molecule has 94 valence electrons. The van der Waals surface area contributed by atoms with Gasteiger partial charge in [0.15, 0.2) is 11.5 Å². The van der Waals surface area contributed by atoms with Crippen LogP contribution in [0.5, 0.6) is 11.5 Å². The number of phenols is 2. The fourth-order valence-corrected chi connectivity index (χ4v) is 2.49. The average molecular weight is 236 g/mol. The molecular weight excluding hydrogens is 216 g/mol. The van der Waals surface area contributed by atoms with Crippen LogP contribution in [-0.4, -0.2) is 41.3 Å². The average Bonchev–Trinajstić information content (AvgIpc) is 2.37. The van der Waals surface area contributed by atoms with Crippen molar-refractivity contribution in [2.45, 2.75) is 19.4 Å². The van der Waals surface area contributed by atoms with Crippen LogP contribution in [0.3, 0.4) is 0 Å². The normalized spacial score (nSPS) is 19.1. The van der Waals surface area contributed by atoms with Crippen LogP contribution >= 0.6 is 0 Å². The van der Waals surface area contributed by atoms with E-state index in [1.165, 1.54) is 6.07 Å². The second kappa shape index (κ2) is 5.38. The zero-order valence-electron chi connectivity index (χ0n) is 10.2. The quantitative estimate of drug-likeness (QED) is 0.695. The number of rotatable bonds is 3. The fraction of sp³-hybridized carbons (Fsp3) is 0.538. The maximum Gasteiger partial charge on any atom is 0.162 e. The molecule has 4 nitrogen and oxygen atoms in total. The Bertz CT molecular complexity index is 376. The van der Waals surface area contributed by atoms with Gasteiger partial charge in [-0.2, -0.15) is 0 Å². The first-order valence-corrected chi connectivity index (χ1v) is 6.19. The Labute approximate surface area is 102 Å². The highest BCUT2D eigenvalue weighted by Gasteiger charge is 2.23. The monoisotopic (exact) mass is 236 g/mol. The van der Waals surface area contributed by atoms with E-state index in [9.17, 15) is 10.2 Å². The van der Waals surface area contributed by atoms with E-state index < -0.39 is 0 Å². The maximum absolute atomic E-state index is 9.94. The van der Waals surface area contributed by atoms with Gasteiger partial charge in [-0.25, -0.2) is 0 Å². The van der Waals surface area contributed by atoms with Crippen LogP contribution in [0.25, 0.3) is 0 Å². The molecule has 0 aliphatic carbocycles. The molecule has 0 aromatic heterocycles. The van der Waals surface area contributed by atoms with Crippen molar-refractivity contribution in [3.8, 4) is 11.5 Å². The molecule has 1 aliphatic rings. The van der Waals surface area contributed by atoms with E-state index in [2.05, 4.69) is 17.1 Å². The molecular formula is C13H20N2O2. The second-order valence-electron chi connectivity index (χ2n) is 4.42. The Balaban J connectivity index is 2.24. The van der Waals surface area contributed by atoms with Gasteiger partial charge in [-0.1, -0.05) is 19.1 Å². The van der Waals surface area contributed by atoms with Crippen LogP contribution < -0.4 is 5.32 Å². The van der Waals surface area contributed by atoms with Crippen molar-refractivity contribution in [2.75, 3.05) is 26.2 Å². The van der Waals surface area contributed by atoms with Gasteiger partial charge in [-0.05, 0) is 12.5 Å². The molecule has 0 spiro atoms. The van der Waals surface area contributed by atoms with Crippen LogP contribution in [0.4, 0.5) is 0 Å². The predicted molar refractivity (Wildman–Crippen MR) is 67.2 cm³/mol. The Kier molecular flexibility index (Phi) is 3.86. The fourth-order valence-electron chi connectivity index (χ4n) is 2.49. The van der Waals surface area contributed by atoms with Gasteiger partial charge in [0.1, 0.15) is 0 Å². The zero-order chi connectivity index (χ0) is 12.3. The van der Waals surface area contributed by atoms with Gasteiger partial charge in [0, 0.05) is 37.8 Å². The van der Waals surface area contributed by atoms with Crippen LogP contribution in [-0.2, 0) is 0 Å². The molecule has 1 atom stereocenters. The summed E-state index contributed by atoms with van der Waals surface area (Å²) >= 11 is 0. The minimum atomic E-state index is -0.0314. The minimum absolute atomic E-state index is 0.0258. The molecule has 3 N–H and O–H groups in total. The van der Waals surface area contributed by atoms with Crippen LogP contribution in [0.2, 0.25) is 0 Å². The Morgan fingerprint density at radius 1 is 1.29 bits per heavy atom. The number of nitrogens with one attached hydrogen (secondary N) is 1. The van der Waals surface area contributed by atoms with Gasteiger partial charge in [0.2, 0.25) is 0 Å². The number of piperazine rings is 1. The van der Waals surface area contributed by atoms with E-state index in [-0.39, 0.29) is 17.5 Å². The Morgan fingerprint density at radius 3 is 2.65 bits per heavy atom. The number of hydrogen-bond donors (Lipinski definition) is 3. The summed E-state index contributed by atoms with van der Waals surface area (Å²) in [4.78, 5) is 2.35. The van der Waals surface area contributed by atoms with Crippen molar-refractivity contribution in [1.82, 2.24) is 10.2 Å². The third kappa shape index (κ3) is 2.53. The van der Waals surface area contributed by atoms with Gasteiger partial charge >= 0.3 is 0 Å². The summed E-state index contributed by atoms with van der Waals surface area (Å²) < 4.78 is 0. The van der Waals surface area contributed by atoms with E-state index >= 15 is 0 Å². The van der Waals surface area contributed by atoms with Gasteiger partial charge in [-0.3, -0.25) is 4.90 Å². The SMILES string of the molecule is CC[C@H](c1cccc(O)c1O)N1CCNCC1. The third-order valence-corrected chi connectivity index (χ3v) is 3.38. The first kappa shape index (κ1) is 12.2. The Morgan fingerprint density at radius 2 is 2.00 bits per heavy atom. The van der Waals surface area contributed by atoms with Gasteiger partial charge in [-0.15, -0.1) is 0 Å².